The van der Waals surface area contributed by atoms with Gasteiger partial charge in [-0.05, 0) is 31.0 Å². The fourth-order valence-electron chi connectivity index (χ4n) is 0.736. The van der Waals surface area contributed by atoms with Crippen molar-refractivity contribution in [2.75, 3.05) is 0 Å². The second kappa shape index (κ2) is 3.79. The summed E-state index contributed by atoms with van der Waals surface area (Å²) in [6.45, 7) is 3.89. The normalized spacial score (nSPS) is 8.60. The van der Waals surface area contributed by atoms with Crippen LogP contribution >= 0.6 is 0 Å². The van der Waals surface area contributed by atoms with Gasteiger partial charge >= 0.3 is 0 Å². The molecule has 0 bridgehead atoms. The summed E-state index contributed by atoms with van der Waals surface area (Å²) in [5.41, 5.74) is 2.10. The van der Waals surface area contributed by atoms with Crippen LogP contribution in [0.1, 0.15) is 11.1 Å². The molecule has 0 saturated carbocycles. The maximum Gasteiger partial charge on any atom is 0.118 e. The van der Waals surface area contributed by atoms with E-state index < -0.39 is 0 Å². The van der Waals surface area contributed by atoms with Gasteiger partial charge in [-0.2, -0.15) is 0 Å². The number of phenolic OH excluding ortho intramolecular Hbond substituents is 1. The summed E-state index contributed by atoms with van der Waals surface area (Å²) in [6, 6.07) is 5.52. The Morgan fingerprint density at radius 1 is 1.20 bits per heavy atom. The third-order valence-electron chi connectivity index (χ3n) is 1.58. The SMILES string of the molecule is Cc1cccc(O)c1C.[Ti]. The summed E-state index contributed by atoms with van der Waals surface area (Å²) in [6.07, 6.45) is 0. The number of aromatic hydroxyl groups is 1. The van der Waals surface area contributed by atoms with E-state index in [-0.39, 0.29) is 21.7 Å². The van der Waals surface area contributed by atoms with Crippen LogP contribution in [0.2, 0.25) is 0 Å². The van der Waals surface area contributed by atoms with Crippen molar-refractivity contribution in [1.29, 1.82) is 0 Å². The molecule has 10 heavy (non-hydrogen) atoms. The van der Waals surface area contributed by atoms with Crippen molar-refractivity contribution < 1.29 is 26.8 Å². The van der Waals surface area contributed by atoms with Gasteiger partial charge in [-0.15, -0.1) is 0 Å². The van der Waals surface area contributed by atoms with E-state index in [1.165, 1.54) is 0 Å². The van der Waals surface area contributed by atoms with E-state index >= 15 is 0 Å². The fraction of sp³-hybridized carbons (Fsp3) is 0.250. The molecule has 1 nitrogen and oxygen atoms in total. The number of benzene rings is 1. The van der Waals surface area contributed by atoms with Gasteiger partial charge in [0.25, 0.3) is 0 Å². The molecule has 0 fully saturated rings. The molecular weight excluding hydrogens is 160 g/mol. The molecule has 0 heterocycles. The van der Waals surface area contributed by atoms with Crippen LogP contribution in [0.15, 0.2) is 18.2 Å². The van der Waals surface area contributed by atoms with Gasteiger partial charge in [0.05, 0.1) is 0 Å². The van der Waals surface area contributed by atoms with E-state index in [1.807, 2.05) is 26.0 Å². The third kappa shape index (κ3) is 1.86. The zero-order valence-corrected chi connectivity index (χ0v) is 7.74. The average molecular weight is 170 g/mol. The van der Waals surface area contributed by atoms with E-state index in [9.17, 15) is 0 Å². The Labute approximate surface area is 76.0 Å². The number of hydrogen-bond donors (Lipinski definition) is 1. The largest absolute Gasteiger partial charge is 0.508 e. The van der Waals surface area contributed by atoms with Crippen molar-refractivity contribution in [2.45, 2.75) is 13.8 Å². The van der Waals surface area contributed by atoms with Crippen LogP contribution in [-0.4, -0.2) is 5.11 Å². The second-order valence-electron chi connectivity index (χ2n) is 2.22. The maximum atomic E-state index is 9.10. The molecule has 0 radical (unpaired) electrons. The molecule has 0 unspecified atom stereocenters. The minimum absolute atomic E-state index is 0. The Hall–Kier alpha value is -0.266. The first-order valence-corrected chi connectivity index (χ1v) is 2.97. The number of hydrogen-bond acceptors (Lipinski definition) is 1. The molecule has 1 aromatic carbocycles. The van der Waals surface area contributed by atoms with Gasteiger partial charge in [0, 0.05) is 21.7 Å². The smallest absolute Gasteiger partial charge is 0.118 e. The summed E-state index contributed by atoms with van der Waals surface area (Å²) in [5.74, 6) is 0.384. The molecule has 2 heteroatoms. The van der Waals surface area contributed by atoms with Crippen molar-refractivity contribution in [3.05, 3.63) is 29.3 Å². The number of phenols is 1. The van der Waals surface area contributed by atoms with Gasteiger partial charge in [0.2, 0.25) is 0 Å². The molecular formula is C8H10OTi. The monoisotopic (exact) mass is 170 g/mol. The van der Waals surface area contributed by atoms with Crippen LogP contribution in [0.25, 0.3) is 0 Å². The van der Waals surface area contributed by atoms with E-state index in [0.29, 0.717) is 5.75 Å². The molecule has 1 N–H and O–H groups in total. The molecule has 0 aliphatic carbocycles. The van der Waals surface area contributed by atoms with Gasteiger partial charge in [-0.3, -0.25) is 0 Å². The van der Waals surface area contributed by atoms with E-state index in [4.69, 9.17) is 5.11 Å². The van der Waals surface area contributed by atoms with Crippen molar-refractivity contribution in [1.82, 2.24) is 0 Å². The minimum atomic E-state index is 0. The predicted molar refractivity (Wildman–Crippen MR) is 37.6 cm³/mol. The van der Waals surface area contributed by atoms with Gasteiger partial charge in [0.15, 0.2) is 0 Å². The molecule has 0 aliphatic rings. The Morgan fingerprint density at radius 3 is 2.20 bits per heavy atom. The van der Waals surface area contributed by atoms with Gasteiger partial charge in [-0.25, -0.2) is 0 Å². The fourth-order valence-corrected chi connectivity index (χ4v) is 0.736. The first-order chi connectivity index (χ1) is 4.22. The predicted octanol–water partition coefficient (Wildman–Crippen LogP) is 2.01. The van der Waals surface area contributed by atoms with Crippen LogP contribution in [-0.2, 0) is 21.7 Å². The van der Waals surface area contributed by atoms with Crippen LogP contribution in [0.5, 0.6) is 5.75 Å². The Kier molecular flexibility index (Phi) is 3.69. The summed E-state index contributed by atoms with van der Waals surface area (Å²) >= 11 is 0. The van der Waals surface area contributed by atoms with Crippen LogP contribution in [0.4, 0.5) is 0 Å². The Bertz CT molecular complexity index is 200. The van der Waals surface area contributed by atoms with Gasteiger partial charge in [0.1, 0.15) is 5.75 Å². The number of rotatable bonds is 0. The zero-order valence-electron chi connectivity index (χ0n) is 6.18. The second-order valence-corrected chi connectivity index (χ2v) is 2.22. The van der Waals surface area contributed by atoms with Crippen molar-refractivity contribution in [2.24, 2.45) is 0 Å². The molecule has 0 saturated heterocycles. The first kappa shape index (κ1) is 9.73. The summed E-state index contributed by atoms with van der Waals surface area (Å²) < 4.78 is 0. The molecule has 0 amide bonds. The summed E-state index contributed by atoms with van der Waals surface area (Å²) in [4.78, 5) is 0. The average Bonchev–Trinajstić information content (AvgIpc) is 1.83. The van der Waals surface area contributed by atoms with E-state index in [1.54, 1.807) is 6.07 Å². The molecule has 52 valence electrons. The third-order valence-corrected chi connectivity index (χ3v) is 1.58. The molecule has 1 rings (SSSR count). The quantitative estimate of drug-likeness (QED) is 0.590. The zero-order chi connectivity index (χ0) is 6.85. The standard InChI is InChI=1S/C8H10O.Ti/c1-6-4-3-5-8(9)7(6)2;/h3-5,9H,1-2H3;. The molecule has 0 spiro atoms. The summed E-state index contributed by atoms with van der Waals surface area (Å²) in [5, 5.41) is 9.10. The van der Waals surface area contributed by atoms with Crippen LogP contribution in [0.3, 0.4) is 0 Å². The van der Waals surface area contributed by atoms with Gasteiger partial charge in [-0.1, -0.05) is 12.1 Å². The van der Waals surface area contributed by atoms with Gasteiger partial charge < -0.3 is 5.11 Å². The summed E-state index contributed by atoms with van der Waals surface area (Å²) in [7, 11) is 0. The first-order valence-electron chi connectivity index (χ1n) is 2.97. The topological polar surface area (TPSA) is 20.2 Å². The molecule has 1 aromatic rings. The van der Waals surface area contributed by atoms with Crippen LogP contribution in [0, 0.1) is 13.8 Å². The van der Waals surface area contributed by atoms with Crippen LogP contribution < -0.4 is 0 Å². The Morgan fingerprint density at radius 2 is 1.80 bits per heavy atom. The molecule has 0 atom stereocenters. The Balaban J connectivity index is 0.000000810. The minimum Gasteiger partial charge on any atom is -0.508 e. The molecule has 0 aliphatic heterocycles. The maximum absolute atomic E-state index is 9.10. The van der Waals surface area contributed by atoms with Crippen molar-refractivity contribution >= 4 is 0 Å². The van der Waals surface area contributed by atoms with Crippen molar-refractivity contribution in [3.8, 4) is 5.75 Å². The number of aryl methyl sites for hydroxylation is 1. The van der Waals surface area contributed by atoms with E-state index in [2.05, 4.69) is 0 Å². The van der Waals surface area contributed by atoms with Crippen molar-refractivity contribution in [3.63, 3.8) is 0 Å². The van der Waals surface area contributed by atoms with E-state index in [0.717, 1.165) is 11.1 Å². The molecule has 0 aromatic heterocycles.